The van der Waals surface area contributed by atoms with E-state index in [-0.39, 0.29) is 6.17 Å². The highest BCUT2D eigenvalue weighted by molar-refractivity contribution is 6.04. The van der Waals surface area contributed by atoms with Crippen LogP contribution in [0.1, 0.15) is 11.7 Å². The number of rotatable bonds is 8. The second kappa shape index (κ2) is 16.4. The van der Waals surface area contributed by atoms with Gasteiger partial charge in [-0.05, 0) is 105 Å². The van der Waals surface area contributed by atoms with Gasteiger partial charge < -0.3 is 10.2 Å². The van der Waals surface area contributed by atoms with Gasteiger partial charge in [-0.3, -0.25) is 4.57 Å². The largest absolute Gasteiger partial charge is 0.359 e. The molecule has 0 fully saturated rings. The van der Waals surface area contributed by atoms with Gasteiger partial charge in [0.1, 0.15) is 12.0 Å². The van der Waals surface area contributed by atoms with Crippen LogP contribution < -0.4 is 10.2 Å². The highest BCUT2D eigenvalue weighted by atomic mass is 15.3. The molecule has 13 rings (SSSR count). The van der Waals surface area contributed by atoms with Gasteiger partial charge >= 0.3 is 0 Å². The lowest BCUT2D eigenvalue weighted by molar-refractivity contribution is 0.828. The summed E-state index contributed by atoms with van der Waals surface area (Å²) in [5.41, 5.74) is 16.8. The van der Waals surface area contributed by atoms with Crippen LogP contribution >= 0.6 is 0 Å². The quantitative estimate of drug-likeness (QED) is 0.165. The molecule has 68 heavy (non-hydrogen) atoms. The standard InChI is InChI=1S/C63H43N5/c1-3-27-48(28-4-1)67-58-37-13-11-35-56(58)64-62(67)46-25-15-23-44(39-46)54-41-55(45-24-16-26-47(40-45)63-65-57-36-12-14-38-59(57)68(63)49-29-5-2-6-30-49)61(53-34-18-22-43-20-8-10-32-51(43)53)66-60(54)52-33-17-21-42-19-7-9-31-50(42)52/h1-41,62,64H. The monoisotopic (exact) mass is 869 g/mol. The Morgan fingerprint density at radius 2 is 0.926 bits per heavy atom. The highest BCUT2D eigenvalue weighted by Crippen LogP contribution is 2.48. The van der Waals surface area contributed by atoms with Gasteiger partial charge in [0.15, 0.2) is 0 Å². The van der Waals surface area contributed by atoms with Gasteiger partial charge in [-0.2, -0.15) is 0 Å². The summed E-state index contributed by atoms with van der Waals surface area (Å²) in [6.07, 6.45) is -0.140. The number of hydrogen-bond donors (Lipinski definition) is 1. The Kier molecular flexibility index (Phi) is 9.50. The van der Waals surface area contributed by atoms with Gasteiger partial charge in [-0.1, -0.05) is 182 Å². The minimum atomic E-state index is -0.140. The van der Waals surface area contributed by atoms with Crippen molar-refractivity contribution in [1.82, 2.24) is 14.5 Å². The van der Waals surface area contributed by atoms with E-state index in [1.165, 1.54) is 10.8 Å². The Labute approximate surface area is 394 Å². The Hall–Kier alpha value is -9.06. The molecule has 320 valence electrons. The summed E-state index contributed by atoms with van der Waals surface area (Å²) in [6.45, 7) is 0. The summed E-state index contributed by atoms with van der Waals surface area (Å²) < 4.78 is 2.27. The van der Waals surface area contributed by atoms with Crippen molar-refractivity contribution >= 4 is 49.6 Å². The fourth-order valence-corrected chi connectivity index (χ4v) is 10.3. The van der Waals surface area contributed by atoms with Crippen LogP contribution in [0, 0.1) is 0 Å². The van der Waals surface area contributed by atoms with Gasteiger partial charge in [-0.15, -0.1) is 0 Å². The van der Waals surface area contributed by atoms with Gasteiger partial charge in [0.05, 0.1) is 33.8 Å². The number of hydrogen-bond acceptors (Lipinski definition) is 4. The third-order valence-corrected chi connectivity index (χ3v) is 13.4. The molecule has 0 amide bonds. The average molecular weight is 870 g/mol. The van der Waals surface area contributed by atoms with Crippen LogP contribution in [0.2, 0.25) is 0 Å². The minimum absolute atomic E-state index is 0.140. The molecule has 12 aromatic rings. The van der Waals surface area contributed by atoms with E-state index in [2.05, 4.69) is 264 Å². The Balaban J connectivity index is 1.07. The maximum atomic E-state index is 5.94. The number of nitrogens with one attached hydrogen (secondary N) is 1. The Morgan fingerprint density at radius 3 is 1.65 bits per heavy atom. The zero-order valence-corrected chi connectivity index (χ0v) is 37.0. The van der Waals surface area contributed by atoms with Crippen LogP contribution in [-0.2, 0) is 0 Å². The second-order valence-electron chi connectivity index (χ2n) is 17.4. The fraction of sp³-hybridized carbons (Fsp3) is 0.0159. The van der Waals surface area contributed by atoms with E-state index in [1.54, 1.807) is 0 Å². The van der Waals surface area contributed by atoms with Crippen molar-refractivity contribution < 1.29 is 0 Å². The molecule has 10 aromatic carbocycles. The van der Waals surface area contributed by atoms with Gasteiger partial charge in [0.2, 0.25) is 0 Å². The predicted octanol–water partition coefficient (Wildman–Crippen LogP) is 16.3. The SMILES string of the molecule is c1ccc(N2c3ccccc3NC2c2cccc(-c3cc(-c4cccc(-c5nc6ccccc6n5-c5ccccc5)c4)c(-c4cccc5ccccc45)nc3-c3cccc4ccccc34)c2)cc1. The van der Waals surface area contributed by atoms with E-state index >= 15 is 0 Å². The number of pyridine rings is 1. The second-order valence-corrected chi connectivity index (χ2v) is 17.4. The number of benzene rings is 10. The van der Waals surface area contributed by atoms with Crippen LogP contribution in [0.25, 0.3) is 94.4 Å². The highest BCUT2D eigenvalue weighted by Gasteiger charge is 2.31. The third-order valence-electron chi connectivity index (χ3n) is 13.4. The van der Waals surface area contributed by atoms with Crippen molar-refractivity contribution in [2.75, 3.05) is 10.2 Å². The third kappa shape index (κ3) is 6.71. The molecule has 0 spiro atoms. The van der Waals surface area contributed by atoms with E-state index in [0.717, 1.165) is 106 Å². The number of imidazole rings is 1. The van der Waals surface area contributed by atoms with E-state index in [1.807, 2.05) is 0 Å². The first kappa shape index (κ1) is 39.3. The van der Waals surface area contributed by atoms with Gasteiger partial charge in [-0.25, -0.2) is 9.97 Å². The lowest BCUT2D eigenvalue weighted by atomic mass is 9.88. The molecule has 2 aromatic heterocycles. The number of fused-ring (bicyclic) bond motifs is 4. The summed E-state index contributed by atoms with van der Waals surface area (Å²) in [5.74, 6) is 0.882. The molecule has 0 aliphatic carbocycles. The topological polar surface area (TPSA) is 46.0 Å². The van der Waals surface area contributed by atoms with Crippen LogP contribution in [0.5, 0.6) is 0 Å². The first-order valence-corrected chi connectivity index (χ1v) is 23.2. The predicted molar refractivity (Wildman–Crippen MR) is 282 cm³/mol. The van der Waals surface area contributed by atoms with Crippen molar-refractivity contribution in [2.45, 2.75) is 6.17 Å². The Morgan fingerprint density at radius 1 is 0.382 bits per heavy atom. The summed E-state index contributed by atoms with van der Waals surface area (Å²) >= 11 is 0. The van der Waals surface area contributed by atoms with Crippen molar-refractivity contribution in [3.05, 3.63) is 254 Å². The average Bonchev–Trinajstić information content (AvgIpc) is 4.01. The molecule has 1 aliphatic rings. The lowest BCUT2D eigenvalue weighted by Crippen LogP contribution is -2.23. The van der Waals surface area contributed by atoms with Crippen molar-refractivity contribution in [2.24, 2.45) is 0 Å². The molecule has 3 heterocycles. The molecule has 0 saturated heterocycles. The molecule has 1 atom stereocenters. The number of nitrogens with zero attached hydrogens (tertiary/aromatic N) is 4. The maximum Gasteiger partial charge on any atom is 0.145 e. The van der Waals surface area contributed by atoms with Gasteiger partial charge in [0, 0.05) is 39.2 Å². The van der Waals surface area contributed by atoms with E-state index in [4.69, 9.17) is 9.97 Å². The molecule has 1 aliphatic heterocycles. The van der Waals surface area contributed by atoms with E-state index < -0.39 is 0 Å². The molecule has 5 heteroatoms. The lowest BCUT2D eigenvalue weighted by Gasteiger charge is -2.28. The molecule has 1 unspecified atom stereocenters. The fourth-order valence-electron chi connectivity index (χ4n) is 10.3. The van der Waals surface area contributed by atoms with Crippen LogP contribution in [0.3, 0.4) is 0 Å². The number of para-hydroxylation sites is 6. The summed E-state index contributed by atoms with van der Waals surface area (Å²) in [7, 11) is 0. The summed E-state index contributed by atoms with van der Waals surface area (Å²) in [5, 5.41) is 8.52. The molecule has 0 bridgehead atoms. The smallest absolute Gasteiger partial charge is 0.145 e. The maximum absolute atomic E-state index is 5.94. The van der Waals surface area contributed by atoms with Gasteiger partial charge in [0.25, 0.3) is 0 Å². The summed E-state index contributed by atoms with van der Waals surface area (Å²) in [6, 6.07) is 88.8. The molecule has 1 N–H and O–H groups in total. The molecular weight excluding hydrogens is 827 g/mol. The Bertz CT molecular complexity index is 3850. The number of aromatic nitrogens is 3. The summed E-state index contributed by atoms with van der Waals surface area (Å²) in [4.78, 5) is 13.6. The first-order valence-electron chi connectivity index (χ1n) is 23.2. The molecule has 0 saturated carbocycles. The van der Waals surface area contributed by atoms with Crippen LogP contribution in [-0.4, -0.2) is 14.5 Å². The zero-order chi connectivity index (χ0) is 45.0. The van der Waals surface area contributed by atoms with Crippen molar-refractivity contribution in [1.29, 1.82) is 0 Å². The number of anilines is 3. The zero-order valence-electron chi connectivity index (χ0n) is 37.0. The van der Waals surface area contributed by atoms with E-state index in [0.29, 0.717) is 0 Å². The minimum Gasteiger partial charge on any atom is -0.359 e. The normalized spacial score (nSPS) is 13.2. The molecule has 0 radical (unpaired) electrons. The molecular formula is C63H43N5. The first-order chi connectivity index (χ1) is 33.7. The van der Waals surface area contributed by atoms with Crippen LogP contribution in [0.4, 0.5) is 17.1 Å². The van der Waals surface area contributed by atoms with Crippen molar-refractivity contribution in [3.63, 3.8) is 0 Å². The van der Waals surface area contributed by atoms with Crippen LogP contribution in [0.15, 0.2) is 249 Å². The van der Waals surface area contributed by atoms with E-state index in [9.17, 15) is 0 Å². The van der Waals surface area contributed by atoms with Crippen molar-refractivity contribution in [3.8, 4) is 61.8 Å². The molecule has 5 nitrogen and oxygen atoms in total.